The van der Waals surface area contributed by atoms with Gasteiger partial charge in [-0.05, 0) is 74.0 Å². The largest absolute Gasteiger partial charge is 0.393 e. The lowest BCUT2D eigenvalue weighted by molar-refractivity contribution is -0.141. The third-order valence-electron chi connectivity index (χ3n) is 8.24. The van der Waals surface area contributed by atoms with Gasteiger partial charge in [0.05, 0.1) is 6.10 Å². The van der Waals surface area contributed by atoms with Gasteiger partial charge in [-0.2, -0.15) is 0 Å². The van der Waals surface area contributed by atoms with Gasteiger partial charge in [0.2, 0.25) is 0 Å². The first-order valence-electron chi connectivity index (χ1n) is 9.21. The highest BCUT2D eigenvalue weighted by molar-refractivity contribution is 6.21. The Balaban J connectivity index is 1.69. The highest BCUT2D eigenvalue weighted by Gasteiger charge is 2.62. The molecule has 0 radical (unpaired) electrons. The van der Waals surface area contributed by atoms with Crippen LogP contribution < -0.4 is 0 Å². The smallest absolute Gasteiger partial charge is 0.139 e. The average Bonchev–Trinajstić information content (AvgIpc) is 2.75. The normalized spacial score (nSPS) is 57.9. The van der Waals surface area contributed by atoms with Crippen molar-refractivity contribution in [2.45, 2.75) is 76.7 Å². The van der Waals surface area contributed by atoms with Gasteiger partial charge in [-0.25, -0.2) is 0 Å². The van der Waals surface area contributed by atoms with E-state index >= 15 is 0 Å². The Morgan fingerprint density at radius 2 is 1.95 bits per heavy atom. The Labute approximate surface area is 139 Å². The van der Waals surface area contributed by atoms with Gasteiger partial charge < -0.3 is 5.11 Å². The molecule has 0 saturated heterocycles. The van der Waals surface area contributed by atoms with Crippen LogP contribution in [0.5, 0.6) is 0 Å². The van der Waals surface area contributed by atoms with E-state index in [0.717, 1.165) is 38.5 Å². The van der Waals surface area contributed by atoms with Gasteiger partial charge in [0.25, 0.3) is 0 Å². The second kappa shape index (κ2) is 4.96. The van der Waals surface area contributed by atoms with Crippen molar-refractivity contribution in [3.8, 4) is 0 Å². The SMILES string of the molecule is C[C@]12CCC(O)CC1CC[C@@H]1[C@H]2C(Cl)C[C@]2(C)C(=O)CC[C@@H]12. The first kappa shape index (κ1) is 15.4. The first-order chi connectivity index (χ1) is 10.4. The summed E-state index contributed by atoms with van der Waals surface area (Å²) in [5, 5.41) is 10.2. The summed E-state index contributed by atoms with van der Waals surface area (Å²) in [4.78, 5) is 12.5. The maximum atomic E-state index is 12.5. The molecule has 4 aliphatic rings. The molecule has 3 unspecified atom stereocenters. The molecule has 0 bridgehead atoms. The first-order valence-corrected chi connectivity index (χ1v) is 9.65. The second-order valence-electron chi connectivity index (χ2n) is 9.10. The van der Waals surface area contributed by atoms with E-state index < -0.39 is 0 Å². The molecule has 0 heterocycles. The van der Waals surface area contributed by atoms with E-state index in [0.29, 0.717) is 29.5 Å². The fourth-order valence-electron chi connectivity index (χ4n) is 7.06. The third-order valence-corrected chi connectivity index (χ3v) is 8.67. The van der Waals surface area contributed by atoms with E-state index in [1.165, 1.54) is 12.8 Å². The minimum absolute atomic E-state index is 0.106. The van der Waals surface area contributed by atoms with Gasteiger partial charge in [-0.3, -0.25) is 4.79 Å². The molecule has 4 fully saturated rings. The Kier molecular flexibility index (Phi) is 3.48. The number of hydrogen-bond donors (Lipinski definition) is 1. The molecule has 4 saturated carbocycles. The fourth-order valence-corrected chi connectivity index (χ4v) is 7.86. The molecule has 4 rings (SSSR count). The van der Waals surface area contributed by atoms with Crippen molar-refractivity contribution in [1.82, 2.24) is 0 Å². The maximum absolute atomic E-state index is 12.5. The van der Waals surface area contributed by atoms with Gasteiger partial charge in [0.1, 0.15) is 5.78 Å². The van der Waals surface area contributed by atoms with Gasteiger partial charge in [0, 0.05) is 17.2 Å². The zero-order chi connectivity index (χ0) is 15.7. The number of ketones is 1. The van der Waals surface area contributed by atoms with E-state index in [-0.39, 0.29) is 22.3 Å². The van der Waals surface area contributed by atoms with Crippen LogP contribution >= 0.6 is 11.6 Å². The molecule has 22 heavy (non-hydrogen) atoms. The molecule has 0 amide bonds. The van der Waals surface area contributed by atoms with Crippen LogP contribution in [0.25, 0.3) is 0 Å². The Morgan fingerprint density at radius 3 is 2.73 bits per heavy atom. The topological polar surface area (TPSA) is 37.3 Å². The lowest BCUT2D eigenvalue weighted by Gasteiger charge is -2.61. The number of alkyl halides is 1. The summed E-state index contributed by atoms with van der Waals surface area (Å²) in [5.41, 5.74) is 0.131. The highest BCUT2D eigenvalue weighted by atomic mass is 35.5. The van der Waals surface area contributed by atoms with Gasteiger partial charge in [0.15, 0.2) is 0 Å². The number of carbonyl (C=O) groups is 1. The molecule has 0 aliphatic heterocycles. The van der Waals surface area contributed by atoms with Crippen LogP contribution in [0.15, 0.2) is 0 Å². The van der Waals surface area contributed by atoms with Crippen LogP contribution in [0.2, 0.25) is 0 Å². The minimum Gasteiger partial charge on any atom is -0.393 e. The van der Waals surface area contributed by atoms with Crippen LogP contribution in [-0.4, -0.2) is 22.4 Å². The quantitative estimate of drug-likeness (QED) is 0.679. The zero-order valence-corrected chi connectivity index (χ0v) is 14.6. The predicted octanol–water partition coefficient (Wildman–Crippen LogP) is 4.18. The number of aliphatic hydroxyl groups excluding tert-OH is 1. The zero-order valence-electron chi connectivity index (χ0n) is 13.9. The summed E-state index contributed by atoms with van der Waals surface area (Å²) in [5.74, 6) is 2.83. The minimum atomic E-state index is -0.148. The Bertz CT molecular complexity index is 492. The van der Waals surface area contributed by atoms with Crippen LogP contribution in [0.3, 0.4) is 0 Å². The highest BCUT2D eigenvalue weighted by Crippen LogP contribution is 2.66. The lowest BCUT2D eigenvalue weighted by atomic mass is 9.45. The molecule has 124 valence electrons. The van der Waals surface area contributed by atoms with E-state index in [1.54, 1.807) is 0 Å². The number of carbonyl (C=O) groups excluding carboxylic acids is 1. The van der Waals surface area contributed by atoms with Crippen molar-refractivity contribution >= 4 is 17.4 Å². The van der Waals surface area contributed by atoms with Gasteiger partial charge in [-0.1, -0.05) is 13.8 Å². The molecule has 0 aromatic rings. The summed E-state index contributed by atoms with van der Waals surface area (Å²) in [6.45, 7) is 4.63. The summed E-state index contributed by atoms with van der Waals surface area (Å²) < 4.78 is 0. The van der Waals surface area contributed by atoms with Crippen molar-refractivity contribution in [2.75, 3.05) is 0 Å². The fraction of sp³-hybridized carbons (Fsp3) is 0.947. The average molecular weight is 325 g/mol. The molecule has 2 nitrogen and oxygen atoms in total. The Morgan fingerprint density at radius 1 is 1.18 bits per heavy atom. The molecule has 1 N–H and O–H groups in total. The number of rotatable bonds is 0. The molecule has 3 heteroatoms. The van der Waals surface area contributed by atoms with E-state index in [9.17, 15) is 9.90 Å². The van der Waals surface area contributed by atoms with E-state index in [4.69, 9.17) is 11.6 Å². The summed E-state index contributed by atoms with van der Waals surface area (Å²) in [6.07, 6.45) is 8.07. The predicted molar refractivity (Wildman–Crippen MR) is 87.8 cm³/mol. The van der Waals surface area contributed by atoms with Crippen molar-refractivity contribution in [2.24, 2.45) is 34.5 Å². The summed E-state index contributed by atoms with van der Waals surface area (Å²) >= 11 is 6.94. The van der Waals surface area contributed by atoms with Crippen molar-refractivity contribution in [3.63, 3.8) is 0 Å². The number of fused-ring (bicyclic) bond motifs is 5. The standard InChI is InChI=1S/C19H29ClO2/c1-18-8-7-12(21)9-11(18)3-4-13-14-5-6-16(22)19(14,2)10-15(20)17(13)18/h11-15,17,21H,3-10H2,1-2H3/t11?,12?,13-,14-,15?,17-,18-,19-/m0/s1. The molecule has 4 aliphatic carbocycles. The summed E-state index contributed by atoms with van der Waals surface area (Å²) in [7, 11) is 0. The van der Waals surface area contributed by atoms with Gasteiger partial charge >= 0.3 is 0 Å². The summed E-state index contributed by atoms with van der Waals surface area (Å²) in [6, 6.07) is 0. The lowest BCUT2D eigenvalue weighted by Crippen LogP contribution is -2.58. The second-order valence-corrected chi connectivity index (χ2v) is 9.66. The number of halogens is 1. The van der Waals surface area contributed by atoms with Crippen LogP contribution in [-0.2, 0) is 4.79 Å². The van der Waals surface area contributed by atoms with Gasteiger partial charge in [-0.15, -0.1) is 11.6 Å². The van der Waals surface area contributed by atoms with E-state index in [1.807, 2.05) is 0 Å². The number of aliphatic hydroxyl groups is 1. The molecular formula is C19H29ClO2. The number of hydrogen-bond acceptors (Lipinski definition) is 2. The van der Waals surface area contributed by atoms with Crippen LogP contribution in [0.1, 0.15) is 65.2 Å². The monoisotopic (exact) mass is 324 g/mol. The third kappa shape index (κ3) is 1.92. The molecule has 0 aromatic carbocycles. The van der Waals surface area contributed by atoms with Crippen molar-refractivity contribution < 1.29 is 9.90 Å². The molecule has 0 spiro atoms. The molecular weight excluding hydrogens is 296 g/mol. The van der Waals surface area contributed by atoms with Crippen molar-refractivity contribution in [1.29, 1.82) is 0 Å². The van der Waals surface area contributed by atoms with Crippen LogP contribution in [0.4, 0.5) is 0 Å². The van der Waals surface area contributed by atoms with Crippen LogP contribution in [0, 0.1) is 34.5 Å². The molecule has 0 aromatic heterocycles. The Hall–Kier alpha value is -0.0800. The number of Topliss-reactive ketones (excluding diaryl/α,β-unsaturated/α-hetero) is 1. The maximum Gasteiger partial charge on any atom is 0.139 e. The van der Waals surface area contributed by atoms with E-state index in [2.05, 4.69) is 13.8 Å². The molecule has 8 atom stereocenters. The van der Waals surface area contributed by atoms with Crippen molar-refractivity contribution in [3.05, 3.63) is 0 Å².